The summed E-state index contributed by atoms with van der Waals surface area (Å²) < 4.78 is 26.6. The molecule has 0 aromatic heterocycles. The van der Waals surface area contributed by atoms with E-state index in [0.717, 1.165) is 18.4 Å². The summed E-state index contributed by atoms with van der Waals surface area (Å²) in [6, 6.07) is 8.90. The predicted molar refractivity (Wildman–Crippen MR) is 131 cm³/mol. The molecule has 1 aliphatic heterocycles. The van der Waals surface area contributed by atoms with Gasteiger partial charge >= 0.3 is 0 Å². The molecule has 0 saturated carbocycles. The molecule has 9 heteroatoms. The van der Waals surface area contributed by atoms with Gasteiger partial charge in [-0.3, -0.25) is 9.59 Å². The van der Waals surface area contributed by atoms with E-state index in [4.69, 9.17) is 23.7 Å². The number of hydrogen-bond acceptors (Lipinski definition) is 7. The van der Waals surface area contributed by atoms with E-state index in [1.165, 1.54) is 21.3 Å². The lowest BCUT2D eigenvalue weighted by Gasteiger charge is -2.32. The van der Waals surface area contributed by atoms with E-state index >= 15 is 0 Å². The maximum absolute atomic E-state index is 13.1. The lowest BCUT2D eigenvalue weighted by Crippen LogP contribution is -2.39. The third-order valence-electron chi connectivity index (χ3n) is 6.23. The van der Waals surface area contributed by atoms with Crippen LogP contribution >= 0.6 is 0 Å². The highest BCUT2D eigenvalue weighted by atomic mass is 16.5. The Bertz CT molecular complexity index is 1010. The lowest BCUT2D eigenvalue weighted by molar-refractivity contribution is -0.122. The zero-order valence-electron chi connectivity index (χ0n) is 21.0. The van der Waals surface area contributed by atoms with Crippen LogP contribution in [0.3, 0.4) is 0 Å². The maximum Gasteiger partial charge on any atom is 0.254 e. The van der Waals surface area contributed by atoms with E-state index < -0.39 is 0 Å². The van der Waals surface area contributed by atoms with Crippen molar-refractivity contribution in [3.05, 3.63) is 41.5 Å². The zero-order valence-corrected chi connectivity index (χ0v) is 21.0. The second kappa shape index (κ2) is 12.2. The van der Waals surface area contributed by atoms with E-state index in [1.54, 1.807) is 31.3 Å². The Balaban J connectivity index is 1.52. The molecule has 0 spiro atoms. The average Bonchev–Trinajstić information content (AvgIpc) is 2.90. The minimum Gasteiger partial charge on any atom is -0.493 e. The molecule has 2 amide bonds. The van der Waals surface area contributed by atoms with E-state index in [1.807, 2.05) is 18.2 Å². The molecule has 0 atom stereocenters. The van der Waals surface area contributed by atoms with Gasteiger partial charge in [-0.15, -0.1) is 0 Å². The van der Waals surface area contributed by atoms with Gasteiger partial charge < -0.3 is 33.9 Å². The quantitative estimate of drug-likeness (QED) is 0.551. The van der Waals surface area contributed by atoms with Crippen LogP contribution in [-0.4, -0.2) is 65.4 Å². The van der Waals surface area contributed by atoms with Crippen LogP contribution in [0.25, 0.3) is 0 Å². The second-order valence-corrected chi connectivity index (χ2v) is 8.32. The lowest BCUT2D eigenvalue weighted by atomic mass is 9.92. The van der Waals surface area contributed by atoms with Crippen molar-refractivity contribution < 1.29 is 33.3 Å². The Morgan fingerprint density at radius 3 is 1.97 bits per heavy atom. The van der Waals surface area contributed by atoms with Crippen LogP contribution in [-0.2, 0) is 11.3 Å². The van der Waals surface area contributed by atoms with Gasteiger partial charge in [0.1, 0.15) is 0 Å². The Hall–Kier alpha value is -3.62. The normalized spacial score (nSPS) is 13.7. The van der Waals surface area contributed by atoms with Crippen LogP contribution in [0.5, 0.6) is 28.7 Å². The summed E-state index contributed by atoms with van der Waals surface area (Å²) in [6.45, 7) is 1.59. The van der Waals surface area contributed by atoms with Crippen LogP contribution in [0.15, 0.2) is 30.3 Å². The number of carbonyl (C=O) groups excluding carboxylic acids is 2. The molecule has 0 bridgehead atoms. The SMILES string of the molecule is COc1ccc(CNC(=O)CC2CCN(C(=O)c3cc(OC)c(OC)c(OC)c3)CC2)cc1OC. The molecule has 1 fully saturated rings. The summed E-state index contributed by atoms with van der Waals surface area (Å²) in [5.41, 5.74) is 1.41. The van der Waals surface area contributed by atoms with E-state index in [9.17, 15) is 9.59 Å². The van der Waals surface area contributed by atoms with Gasteiger partial charge in [-0.1, -0.05) is 6.07 Å². The third kappa shape index (κ3) is 6.29. The average molecular weight is 487 g/mol. The number of nitrogens with one attached hydrogen (secondary N) is 1. The predicted octanol–water partition coefficient (Wildman–Crippen LogP) is 3.29. The smallest absolute Gasteiger partial charge is 0.254 e. The Labute approximate surface area is 206 Å². The Morgan fingerprint density at radius 1 is 0.829 bits per heavy atom. The standard InChI is InChI=1S/C26H34N2O7/c1-31-20-7-6-18(12-21(20)32-2)16-27-24(29)13-17-8-10-28(11-9-17)26(30)19-14-22(33-3)25(35-5)23(15-19)34-4/h6-7,12,14-15,17H,8-11,13,16H2,1-5H3,(H,27,29). The fraction of sp³-hybridized carbons (Fsp3) is 0.462. The maximum atomic E-state index is 13.1. The number of rotatable bonds is 10. The first-order chi connectivity index (χ1) is 16.9. The molecule has 1 aliphatic rings. The largest absolute Gasteiger partial charge is 0.493 e. The monoisotopic (exact) mass is 486 g/mol. The highest BCUT2D eigenvalue weighted by molar-refractivity contribution is 5.95. The molecule has 0 radical (unpaired) electrons. The number of ether oxygens (including phenoxy) is 5. The summed E-state index contributed by atoms with van der Waals surface area (Å²) in [6.07, 6.45) is 1.96. The van der Waals surface area contributed by atoms with Gasteiger partial charge in [0.2, 0.25) is 11.7 Å². The number of piperidine rings is 1. The first-order valence-electron chi connectivity index (χ1n) is 11.5. The first kappa shape index (κ1) is 26.0. The number of amides is 2. The van der Waals surface area contributed by atoms with Crippen LogP contribution in [0.4, 0.5) is 0 Å². The topological polar surface area (TPSA) is 95.6 Å². The van der Waals surface area contributed by atoms with Crippen molar-refractivity contribution in [1.82, 2.24) is 10.2 Å². The third-order valence-corrected chi connectivity index (χ3v) is 6.23. The van der Waals surface area contributed by atoms with Crippen molar-refractivity contribution in [1.29, 1.82) is 0 Å². The summed E-state index contributed by atoms with van der Waals surface area (Å²) >= 11 is 0. The Kier molecular flexibility index (Phi) is 9.05. The molecule has 190 valence electrons. The minimum atomic E-state index is -0.0967. The molecular formula is C26H34N2O7. The molecule has 1 N–H and O–H groups in total. The van der Waals surface area contributed by atoms with Crippen molar-refractivity contribution in [2.45, 2.75) is 25.8 Å². The van der Waals surface area contributed by atoms with E-state index in [0.29, 0.717) is 60.4 Å². The number of carbonyl (C=O) groups is 2. The molecule has 1 heterocycles. The van der Waals surface area contributed by atoms with Gasteiger partial charge in [0.25, 0.3) is 5.91 Å². The van der Waals surface area contributed by atoms with Crippen molar-refractivity contribution >= 4 is 11.8 Å². The van der Waals surface area contributed by atoms with Gasteiger partial charge in [-0.05, 0) is 48.6 Å². The van der Waals surface area contributed by atoms with Crippen molar-refractivity contribution in [2.24, 2.45) is 5.92 Å². The summed E-state index contributed by atoms with van der Waals surface area (Å²) in [5, 5.41) is 2.98. The fourth-order valence-electron chi connectivity index (χ4n) is 4.25. The van der Waals surface area contributed by atoms with Crippen LogP contribution in [0, 0.1) is 5.92 Å². The number of likely N-dealkylation sites (tertiary alicyclic amines) is 1. The van der Waals surface area contributed by atoms with Crippen molar-refractivity contribution in [3.63, 3.8) is 0 Å². The number of methoxy groups -OCH3 is 5. The molecule has 2 aromatic rings. The molecule has 35 heavy (non-hydrogen) atoms. The molecule has 0 aliphatic carbocycles. The van der Waals surface area contributed by atoms with E-state index in [2.05, 4.69) is 5.32 Å². The fourth-order valence-corrected chi connectivity index (χ4v) is 4.25. The zero-order chi connectivity index (χ0) is 25.4. The summed E-state index contributed by atoms with van der Waals surface area (Å²) in [5.74, 6) is 2.73. The molecule has 9 nitrogen and oxygen atoms in total. The first-order valence-corrected chi connectivity index (χ1v) is 11.5. The summed E-state index contributed by atoms with van der Waals surface area (Å²) in [4.78, 5) is 27.4. The van der Waals surface area contributed by atoms with Gasteiger partial charge in [0.05, 0.1) is 35.5 Å². The summed E-state index contributed by atoms with van der Waals surface area (Å²) in [7, 11) is 7.74. The minimum absolute atomic E-state index is 0.00538. The molecule has 1 saturated heterocycles. The number of nitrogens with zero attached hydrogens (tertiary/aromatic N) is 1. The van der Waals surface area contributed by atoms with Crippen molar-refractivity contribution in [3.8, 4) is 28.7 Å². The van der Waals surface area contributed by atoms with Crippen LogP contribution in [0.1, 0.15) is 35.2 Å². The highest BCUT2D eigenvalue weighted by Gasteiger charge is 2.27. The van der Waals surface area contributed by atoms with Gasteiger partial charge in [-0.2, -0.15) is 0 Å². The van der Waals surface area contributed by atoms with Crippen molar-refractivity contribution in [2.75, 3.05) is 48.6 Å². The number of hydrogen-bond donors (Lipinski definition) is 1. The van der Waals surface area contributed by atoms with Gasteiger partial charge in [0.15, 0.2) is 23.0 Å². The molecule has 3 rings (SSSR count). The number of benzene rings is 2. The van der Waals surface area contributed by atoms with Gasteiger partial charge in [0, 0.05) is 31.6 Å². The second-order valence-electron chi connectivity index (χ2n) is 8.32. The Morgan fingerprint density at radius 2 is 1.43 bits per heavy atom. The van der Waals surface area contributed by atoms with Crippen LogP contribution in [0.2, 0.25) is 0 Å². The molecular weight excluding hydrogens is 452 g/mol. The van der Waals surface area contributed by atoms with E-state index in [-0.39, 0.29) is 17.7 Å². The van der Waals surface area contributed by atoms with Crippen LogP contribution < -0.4 is 29.0 Å². The van der Waals surface area contributed by atoms with Gasteiger partial charge in [-0.25, -0.2) is 0 Å². The molecule has 0 unspecified atom stereocenters. The highest BCUT2D eigenvalue weighted by Crippen LogP contribution is 2.38. The molecule has 2 aromatic carbocycles.